The summed E-state index contributed by atoms with van der Waals surface area (Å²) in [7, 11) is 0. The zero-order valence-electron chi connectivity index (χ0n) is 13.8. The minimum atomic E-state index is -0.233. The van der Waals surface area contributed by atoms with Crippen LogP contribution in [0.25, 0.3) is 30.5 Å². The summed E-state index contributed by atoms with van der Waals surface area (Å²) in [6, 6.07) is 14.2. The number of thiophene rings is 2. The molecule has 0 radical (unpaired) electrons. The molecule has 0 N–H and O–H groups in total. The minimum Gasteiger partial charge on any atom is -0.466 e. The van der Waals surface area contributed by atoms with E-state index in [2.05, 4.69) is 18.2 Å². The second-order valence-corrected chi connectivity index (χ2v) is 9.41. The van der Waals surface area contributed by atoms with Crippen LogP contribution in [0.4, 0.5) is 0 Å². The van der Waals surface area contributed by atoms with Gasteiger partial charge in [-0.2, -0.15) is 0 Å². The van der Waals surface area contributed by atoms with Gasteiger partial charge < -0.3 is 4.74 Å². The summed E-state index contributed by atoms with van der Waals surface area (Å²) in [6.07, 6.45) is 0.223. The minimum absolute atomic E-state index is 0.223. The Kier molecular flexibility index (Phi) is 5.09. The van der Waals surface area contributed by atoms with E-state index in [-0.39, 0.29) is 12.4 Å². The van der Waals surface area contributed by atoms with Crippen LogP contribution in [-0.2, 0) is 16.0 Å². The smallest absolute Gasteiger partial charge is 0.311 e. The molecule has 0 saturated heterocycles. The van der Waals surface area contributed by atoms with Crippen molar-refractivity contribution in [1.82, 2.24) is 4.98 Å². The largest absolute Gasteiger partial charge is 0.466 e. The fraction of sp³-hybridized carbons (Fsp3) is 0.158. The highest BCUT2D eigenvalue weighted by Crippen LogP contribution is 2.41. The summed E-state index contributed by atoms with van der Waals surface area (Å²) in [5.74, 6) is -0.233. The van der Waals surface area contributed by atoms with Gasteiger partial charge in [0.2, 0.25) is 0 Å². The van der Waals surface area contributed by atoms with Gasteiger partial charge in [0.05, 0.1) is 32.8 Å². The first-order valence-electron chi connectivity index (χ1n) is 8.04. The Morgan fingerprint density at radius 2 is 1.96 bits per heavy atom. The monoisotopic (exact) mass is 419 g/mol. The molecule has 3 heterocycles. The molecule has 0 unspecified atom stereocenters. The molecule has 4 rings (SSSR count). The molecule has 0 saturated carbocycles. The topological polar surface area (TPSA) is 39.2 Å². The van der Waals surface area contributed by atoms with Crippen LogP contribution in [0, 0.1) is 0 Å². The number of aromatic nitrogens is 1. The highest BCUT2D eigenvalue weighted by atomic mass is 35.5. The van der Waals surface area contributed by atoms with Crippen LogP contribution in [0.1, 0.15) is 11.8 Å². The number of carbonyl (C=O) groups excluding carboxylic acids is 1. The van der Waals surface area contributed by atoms with Crippen molar-refractivity contribution in [3.63, 3.8) is 0 Å². The van der Waals surface area contributed by atoms with Crippen LogP contribution in [0.3, 0.4) is 0 Å². The molecule has 1 aromatic carbocycles. The van der Waals surface area contributed by atoms with Crippen LogP contribution in [0.5, 0.6) is 0 Å². The number of hydrogen-bond acceptors (Lipinski definition) is 6. The fourth-order valence-corrected chi connectivity index (χ4v) is 5.94. The maximum atomic E-state index is 12.0. The number of fused-ring (bicyclic) bond motifs is 1. The van der Waals surface area contributed by atoms with Crippen molar-refractivity contribution in [2.75, 3.05) is 6.61 Å². The van der Waals surface area contributed by atoms with Gasteiger partial charge in [-0.25, -0.2) is 4.98 Å². The fourth-order valence-electron chi connectivity index (χ4n) is 2.64. The lowest BCUT2D eigenvalue weighted by atomic mass is 10.2. The normalized spacial score (nSPS) is 11.2. The first kappa shape index (κ1) is 17.7. The van der Waals surface area contributed by atoms with Crippen LogP contribution < -0.4 is 0 Å². The van der Waals surface area contributed by atoms with Gasteiger partial charge in [0.25, 0.3) is 0 Å². The number of ether oxygens (including phenoxy) is 1. The van der Waals surface area contributed by atoms with Crippen LogP contribution in [-0.4, -0.2) is 17.6 Å². The van der Waals surface area contributed by atoms with Crippen LogP contribution >= 0.6 is 45.6 Å². The Hall–Kier alpha value is -1.73. The van der Waals surface area contributed by atoms with Gasteiger partial charge >= 0.3 is 5.97 Å². The van der Waals surface area contributed by atoms with Crippen LogP contribution in [0.15, 0.2) is 42.5 Å². The van der Waals surface area contributed by atoms with Crippen molar-refractivity contribution >= 4 is 61.7 Å². The Morgan fingerprint density at radius 1 is 1.12 bits per heavy atom. The van der Waals surface area contributed by atoms with E-state index in [1.165, 1.54) is 21.4 Å². The SMILES string of the molecule is CCOC(=O)Cc1sc(-c2cc3ccccc3s2)nc1-c1ccc(Cl)s1. The van der Waals surface area contributed by atoms with E-state index in [0.717, 1.165) is 25.3 Å². The van der Waals surface area contributed by atoms with E-state index >= 15 is 0 Å². The highest BCUT2D eigenvalue weighted by Gasteiger charge is 2.20. The summed E-state index contributed by atoms with van der Waals surface area (Å²) in [5.41, 5.74) is 0.826. The van der Waals surface area contributed by atoms with Gasteiger partial charge in [0, 0.05) is 9.58 Å². The molecule has 0 fully saturated rings. The second-order valence-electron chi connectivity index (χ2n) is 5.52. The van der Waals surface area contributed by atoms with Crippen molar-refractivity contribution in [2.24, 2.45) is 0 Å². The molecule has 3 nitrogen and oxygen atoms in total. The maximum Gasteiger partial charge on any atom is 0.311 e. The molecule has 132 valence electrons. The van der Waals surface area contributed by atoms with E-state index in [1.807, 2.05) is 31.2 Å². The second kappa shape index (κ2) is 7.48. The van der Waals surface area contributed by atoms with Gasteiger partial charge in [0.1, 0.15) is 5.01 Å². The lowest BCUT2D eigenvalue weighted by Gasteiger charge is -2.01. The summed E-state index contributed by atoms with van der Waals surface area (Å²) in [5, 5.41) is 2.13. The molecule has 0 spiro atoms. The molecule has 3 aromatic heterocycles. The van der Waals surface area contributed by atoms with Gasteiger partial charge in [0.15, 0.2) is 0 Å². The molecular weight excluding hydrogens is 406 g/mol. The third-order valence-electron chi connectivity index (χ3n) is 3.75. The average Bonchev–Trinajstić information content (AvgIpc) is 3.32. The molecule has 0 aliphatic carbocycles. The highest BCUT2D eigenvalue weighted by molar-refractivity contribution is 7.26. The predicted octanol–water partition coefficient (Wildman–Crippen LogP) is 6.51. The molecule has 0 aliphatic heterocycles. The third-order valence-corrected chi connectivity index (χ3v) is 7.33. The van der Waals surface area contributed by atoms with Crippen molar-refractivity contribution in [2.45, 2.75) is 13.3 Å². The Balaban J connectivity index is 1.78. The number of nitrogens with zero attached hydrogens (tertiary/aromatic N) is 1. The van der Waals surface area contributed by atoms with E-state index < -0.39 is 0 Å². The maximum absolute atomic E-state index is 12.0. The Bertz CT molecular complexity index is 1050. The Labute approximate surface area is 167 Å². The zero-order valence-corrected chi connectivity index (χ0v) is 17.0. The number of halogens is 1. The number of benzene rings is 1. The standard InChI is InChI=1S/C19H14ClNO2S3/c1-2-23-17(22)10-14-18(13-7-8-16(20)25-13)21-19(26-14)15-9-11-5-3-4-6-12(11)24-15/h3-9H,2,10H2,1H3. The van der Waals surface area contributed by atoms with E-state index in [1.54, 1.807) is 22.7 Å². The van der Waals surface area contributed by atoms with Gasteiger partial charge in [-0.1, -0.05) is 29.8 Å². The van der Waals surface area contributed by atoms with Crippen molar-refractivity contribution in [3.8, 4) is 20.5 Å². The quantitative estimate of drug-likeness (QED) is 0.346. The third kappa shape index (κ3) is 3.55. The van der Waals surface area contributed by atoms with Crippen molar-refractivity contribution < 1.29 is 9.53 Å². The Morgan fingerprint density at radius 3 is 2.69 bits per heavy atom. The number of hydrogen-bond donors (Lipinski definition) is 0. The van der Waals surface area contributed by atoms with Gasteiger partial charge in [-0.05, 0) is 36.6 Å². The molecular formula is C19H14ClNO2S3. The van der Waals surface area contributed by atoms with E-state index in [4.69, 9.17) is 21.3 Å². The lowest BCUT2D eigenvalue weighted by Crippen LogP contribution is -2.06. The van der Waals surface area contributed by atoms with Crippen molar-refractivity contribution in [3.05, 3.63) is 51.7 Å². The predicted molar refractivity (Wildman–Crippen MR) is 112 cm³/mol. The summed E-state index contributed by atoms with van der Waals surface area (Å²) >= 11 is 10.8. The molecule has 0 bridgehead atoms. The van der Waals surface area contributed by atoms with Gasteiger partial charge in [-0.3, -0.25) is 4.79 Å². The summed E-state index contributed by atoms with van der Waals surface area (Å²) in [4.78, 5) is 19.9. The number of esters is 1. The van der Waals surface area contributed by atoms with Crippen LogP contribution in [0.2, 0.25) is 4.34 Å². The zero-order chi connectivity index (χ0) is 18.1. The first-order chi connectivity index (χ1) is 12.6. The molecule has 0 amide bonds. The first-order valence-corrected chi connectivity index (χ1v) is 10.9. The van der Waals surface area contributed by atoms with E-state index in [0.29, 0.717) is 10.9 Å². The summed E-state index contributed by atoms with van der Waals surface area (Å²) in [6.45, 7) is 2.19. The van der Waals surface area contributed by atoms with E-state index in [9.17, 15) is 4.79 Å². The molecule has 4 aromatic rings. The molecule has 0 aliphatic rings. The molecule has 0 atom stereocenters. The van der Waals surface area contributed by atoms with Gasteiger partial charge in [-0.15, -0.1) is 34.0 Å². The average molecular weight is 420 g/mol. The molecule has 26 heavy (non-hydrogen) atoms. The number of thiazole rings is 1. The number of carbonyl (C=O) groups is 1. The molecule has 7 heteroatoms. The lowest BCUT2D eigenvalue weighted by molar-refractivity contribution is -0.142. The summed E-state index contributed by atoms with van der Waals surface area (Å²) < 4.78 is 7.06. The number of rotatable bonds is 5. The van der Waals surface area contributed by atoms with Crippen molar-refractivity contribution in [1.29, 1.82) is 0 Å².